The Kier molecular flexibility index (Phi) is 3.67. The van der Waals surface area contributed by atoms with Gasteiger partial charge in [0.05, 0.1) is 16.2 Å². The molecule has 1 unspecified atom stereocenters. The number of carbonyl (C=O) groups excluding carboxylic acids is 1. The van der Waals surface area contributed by atoms with E-state index in [1.54, 1.807) is 31.2 Å². The van der Waals surface area contributed by atoms with E-state index in [2.05, 4.69) is 0 Å². The van der Waals surface area contributed by atoms with Gasteiger partial charge in [-0.2, -0.15) is 0 Å². The van der Waals surface area contributed by atoms with Crippen molar-refractivity contribution in [1.29, 1.82) is 0 Å². The Hall–Kier alpha value is -1.72. The number of carbonyl (C=O) groups is 1. The number of aryl methyl sites for hydroxylation is 1. The quantitative estimate of drug-likeness (QED) is 0.916. The van der Waals surface area contributed by atoms with Crippen LogP contribution in [0, 0.1) is 6.92 Å². The average Bonchev–Trinajstić information content (AvgIpc) is 2.35. The number of sulfone groups is 1. The summed E-state index contributed by atoms with van der Waals surface area (Å²) in [6.07, 6.45) is 4.17. The van der Waals surface area contributed by atoms with Crippen molar-refractivity contribution in [2.75, 3.05) is 5.75 Å². The van der Waals surface area contributed by atoms with Crippen molar-refractivity contribution in [1.82, 2.24) is 0 Å². The molecule has 1 aromatic rings. The summed E-state index contributed by atoms with van der Waals surface area (Å²) in [5.41, 5.74) is 6.55. The lowest BCUT2D eigenvalue weighted by Crippen LogP contribution is -2.47. The van der Waals surface area contributed by atoms with Crippen molar-refractivity contribution in [3.8, 4) is 0 Å². The minimum Gasteiger partial charge on any atom is -0.318 e. The van der Waals surface area contributed by atoms with Crippen LogP contribution in [0.3, 0.4) is 0 Å². The molecule has 2 rings (SSSR count). The van der Waals surface area contributed by atoms with Crippen LogP contribution in [0.5, 0.6) is 0 Å². The Morgan fingerprint density at radius 1 is 1.15 bits per heavy atom. The summed E-state index contributed by atoms with van der Waals surface area (Å²) in [5, 5.41) is 0. The first-order chi connectivity index (χ1) is 9.23. The summed E-state index contributed by atoms with van der Waals surface area (Å²) in [6, 6.07) is 6.65. The summed E-state index contributed by atoms with van der Waals surface area (Å²) in [4.78, 5) is 11.5. The third-order valence-corrected chi connectivity index (χ3v) is 5.30. The highest BCUT2D eigenvalue weighted by Crippen LogP contribution is 2.25. The molecule has 106 valence electrons. The van der Waals surface area contributed by atoms with E-state index in [-0.39, 0.29) is 16.4 Å². The third-order valence-electron chi connectivity index (χ3n) is 3.45. The van der Waals surface area contributed by atoms with Crippen LogP contribution in [0.15, 0.2) is 53.0 Å². The molecule has 20 heavy (non-hydrogen) atoms. The predicted octanol–water partition coefficient (Wildman–Crippen LogP) is 1.55. The number of nitrogens with two attached hydrogens (primary N) is 1. The minimum absolute atomic E-state index is 0.170. The smallest absolute Gasteiger partial charge is 0.180 e. The van der Waals surface area contributed by atoms with Crippen molar-refractivity contribution in [2.24, 2.45) is 5.73 Å². The topological polar surface area (TPSA) is 77.2 Å². The molecule has 1 aliphatic rings. The van der Waals surface area contributed by atoms with E-state index in [4.69, 9.17) is 5.73 Å². The summed E-state index contributed by atoms with van der Waals surface area (Å²) in [6.45, 7) is 3.56. The van der Waals surface area contributed by atoms with Gasteiger partial charge in [-0.3, -0.25) is 4.79 Å². The average molecular weight is 291 g/mol. The van der Waals surface area contributed by atoms with E-state index < -0.39 is 15.4 Å². The van der Waals surface area contributed by atoms with Gasteiger partial charge in [0, 0.05) is 0 Å². The SMILES string of the molecule is CC1=CC(=O)C=CC1(N)CS(=O)(=O)c1ccc(C)cc1. The molecule has 1 atom stereocenters. The summed E-state index contributed by atoms with van der Waals surface area (Å²) >= 11 is 0. The van der Waals surface area contributed by atoms with Gasteiger partial charge >= 0.3 is 0 Å². The maximum absolute atomic E-state index is 12.4. The summed E-state index contributed by atoms with van der Waals surface area (Å²) in [7, 11) is -3.51. The van der Waals surface area contributed by atoms with E-state index in [9.17, 15) is 13.2 Å². The van der Waals surface area contributed by atoms with E-state index in [0.717, 1.165) is 5.56 Å². The normalized spacial score (nSPS) is 22.8. The largest absolute Gasteiger partial charge is 0.318 e. The number of hydrogen-bond acceptors (Lipinski definition) is 4. The number of ketones is 1. The second-order valence-corrected chi connectivity index (χ2v) is 7.17. The fraction of sp³-hybridized carbons (Fsp3) is 0.267. The van der Waals surface area contributed by atoms with Crippen molar-refractivity contribution in [2.45, 2.75) is 24.3 Å². The van der Waals surface area contributed by atoms with Crippen LogP contribution in [0.25, 0.3) is 0 Å². The molecule has 0 radical (unpaired) electrons. The van der Waals surface area contributed by atoms with Gasteiger partial charge in [0.1, 0.15) is 0 Å². The Morgan fingerprint density at radius 3 is 2.30 bits per heavy atom. The second-order valence-electron chi connectivity index (χ2n) is 5.18. The monoisotopic (exact) mass is 291 g/mol. The number of benzene rings is 1. The fourth-order valence-electron chi connectivity index (χ4n) is 2.06. The molecule has 2 N–H and O–H groups in total. The first-order valence-corrected chi connectivity index (χ1v) is 7.88. The Bertz CT molecular complexity index is 699. The van der Waals surface area contributed by atoms with Crippen LogP contribution < -0.4 is 5.73 Å². The molecule has 0 aromatic heterocycles. The zero-order valence-electron chi connectivity index (χ0n) is 11.5. The third kappa shape index (κ3) is 2.89. The maximum atomic E-state index is 12.4. The van der Waals surface area contributed by atoms with E-state index in [1.165, 1.54) is 18.2 Å². The minimum atomic E-state index is -3.51. The molecular weight excluding hydrogens is 274 g/mol. The molecule has 0 saturated carbocycles. The van der Waals surface area contributed by atoms with Crippen LogP contribution >= 0.6 is 0 Å². The van der Waals surface area contributed by atoms with Crippen LogP contribution in [0.4, 0.5) is 0 Å². The molecule has 1 aromatic carbocycles. The van der Waals surface area contributed by atoms with Gasteiger partial charge in [0.2, 0.25) is 0 Å². The highest BCUT2D eigenvalue weighted by molar-refractivity contribution is 7.91. The lowest BCUT2D eigenvalue weighted by molar-refractivity contribution is -0.110. The van der Waals surface area contributed by atoms with Crippen molar-refractivity contribution in [3.63, 3.8) is 0 Å². The Balaban J connectivity index is 2.33. The molecule has 0 bridgehead atoms. The van der Waals surface area contributed by atoms with Gasteiger partial charge in [0.15, 0.2) is 15.6 Å². The zero-order chi connectivity index (χ0) is 15.0. The highest BCUT2D eigenvalue weighted by Gasteiger charge is 2.33. The summed E-state index contributed by atoms with van der Waals surface area (Å²) in [5.74, 6) is -0.425. The van der Waals surface area contributed by atoms with E-state index in [1.807, 2.05) is 6.92 Å². The van der Waals surface area contributed by atoms with Crippen LogP contribution in [0.2, 0.25) is 0 Å². The molecule has 0 heterocycles. The van der Waals surface area contributed by atoms with E-state index >= 15 is 0 Å². The van der Waals surface area contributed by atoms with E-state index in [0.29, 0.717) is 5.57 Å². The Morgan fingerprint density at radius 2 is 1.75 bits per heavy atom. The number of hydrogen-bond donors (Lipinski definition) is 1. The molecule has 0 amide bonds. The number of allylic oxidation sites excluding steroid dienone is 2. The van der Waals surface area contributed by atoms with Crippen molar-refractivity contribution in [3.05, 3.63) is 53.6 Å². The molecule has 0 fully saturated rings. The first-order valence-electron chi connectivity index (χ1n) is 6.23. The molecule has 0 spiro atoms. The van der Waals surface area contributed by atoms with Crippen molar-refractivity contribution < 1.29 is 13.2 Å². The first kappa shape index (κ1) is 14.7. The van der Waals surface area contributed by atoms with Gasteiger partial charge in [-0.15, -0.1) is 0 Å². The van der Waals surface area contributed by atoms with Gasteiger partial charge in [-0.25, -0.2) is 8.42 Å². The lowest BCUT2D eigenvalue weighted by Gasteiger charge is -2.28. The van der Waals surface area contributed by atoms with Crippen LogP contribution in [0.1, 0.15) is 12.5 Å². The van der Waals surface area contributed by atoms with Gasteiger partial charge in [-0.1, -0.05) is 23.8 Å². The van der Waals surface area contributed by atoms with Gasteiger partial charge < -0.3 is 5.73 Å². The van der Waals surface area contributed by atoms with Gasteiger partial charge in [0.25, 0.3) is 0 Å². The molecule has 4 nitrogen and oxygen atoms in total. The van der Waals surface area contributed by atoms with Crippen LogP contribution in [-0.2, 0) is 14.6 Å². The second kappa shape index (κ2) is 5.00. The zero-order valence-corrected chi connectivity index (χ0v) is 12.3. The standard InChI is InChI=1S/C15H17NO3S/c1-11-3-5-14(6-4-11)20(18,19)10-15(16)8-7-13(17)9-12(15)2/h3-9H,10,16H2,1-2H3. The summed E-state index contributed by atoms with van der Waals surface area (Å²) < 4.78 is 24.8. The molecule has 0 saturated heterocycles. The Labute approximate surface area is 118 Å². The fourth-order valence-corrected chi connectivity index (χ4v) is 3.73. The molecular formula is C15H17NO3S. The number of rotatable bonds is 3. The van der Waals surface area contributed by atoms with Crippen molar-refractivity contribution >= 4 is 15.6 Å². The maximum Gasteiger partial charge on any atom is 0.180 e. The predicted molar refractivity (Wildman–Crippen MR) is 78.1 cm³/mol. The highest BCUT2D eigenvalue weighted by atomic mass is 32.2. The van der Waals surface area contributed by atoms with Gasteiger partial charge in [-0.05, 0) is 43.7 Å². The lowest BCUT2D eigenvalue weighted by atomic mass is 9.88. The molecule has 5 heteroatoms. The van der Waals surface area contributed by atoms with Crippen LogP contribution in [-0.4, -0.2) is 25.5 Å². The molecule has 0 aliphatic heterocycles. The molecule has 1 aliphatic carbocycles.